The molecule has 106 valence electrons. The number of aryl methyl sites for hydroxylation is 3. The molecular weight excluding hydrogens is 246 g/mol. The first-order valence-electron chi connectivity index (χ1n) is 7.02. The van der Waals surface area contributed by atoms with E-state index in [9.17, 15) is 0 Å². The highest BCUT2D eigenvalue weighted by Gasteiger charge is 2.08. The molecule has 2 heteroatoms. The lowest BCUT2D eigenvalue weighted by atomic mass is 10.1. The van der Waals surface area contributed by atoms with Crippen LogP contribution in [0.2, 0.25) is 0 Å². The van der Waals surface area contributed by atoms with Crippen LogP contribution < -0.4 is 10.5 Å². The number of hydrogen-bond acceptors (Lipinski definition) is 2. The van der Waals surface area contributed by atoms with Gasteiger partial charge in [0.1, 0.15) is 12.4 Å². The van der Waals surface area contributed by atoms with E-state index >= 15 is 0 Å². The van der Waals surface area contributed by atoms with Gasteiger partial charge < -0.3 is 10.5 Å². The SMILES string of the molecule is Cc1cc(C)cc(COc2cc(C)ccc2C(C)N)c1. The summed E-state index contributed by atoms with van der Waals surface area (Å²) in [4.78, 5) is 0. The van der Waals surface area contributed by atoms with Crippen LogP contribution >= 0.6 is 0 Å². The molecule has 2 N–H and O–H groups in total. The Balaban J connectivity index is 2.20. The highest BCUT2D eigenvalue weighted by molar-refractivity contribution is 5.39. The maximum atomic E-state index is 6.00. The lowest BCUT2D eigenvalue weighted by Crippen LogP contribution is -2.08. The zero-order chi connectivity index (χ0) is 14.7. The van der Waals surface area contributed by atoms with Crippen molar-refractivity contribution in [2.45, 2.75) is 40.3 Å². The second-order valence-corrected chi connectivity index (χ2v) is 5.61. The van der Waals surface area contributed by atoms with Crippen LogP contribution in [0.4, 0.5) is 0 Å². The third-order valence-corrected chi connectivity index (χ3v) is 3.34. The van der Waals surface area contributed by atoms with E-state index in [1.54, 1.807) is 0 Å². The van der Waals surface area contributed by atoms with Gasteiger partial charge in [-0.2, -0.15) is 0 Å². The summed E-state index contributed by atoms with van der Waals surface area (Å²) in [6.07, 6.45) is 0. The highest BCUT2D eigenvalue weighted by atomic mass is 16.5. The predicted molar refractivity (Wildman–Crippen MR) is 84.0 cm³/mol. The number of nitrogens with two attached hydrogens (primary N) is 1. The molecule has 0 aliphatic carbocycles. The van der Waals surface area contributed by atoms with Crippen molar-refractivity contribution in [3.05, 3.63) is 64.2 Å². The summed E-state index contributed by atoms with van der Waals surface area (Å²) in [5.41, 5.74) is 12.0. The van der Waals surface area contributed by atoms with E-state index in [2.05, 4.69) is 57.2 Å². The largest absolute Gasteiger partial charge is 0.489 e. The van der Waals surface area contributed by atoms with Crippen LogP contribution in [-0.2, 0) is 6.61 Å². The molecule has 0 radical (unpaired) electrons. The Bertz CT molecular complexity index is 582. The van der Waals surface area contributed by atoms with Gasteiger partial charge in [-0.1, -0.05) is 41.5 Å². The minimum atomic E-state index is -0.0233. The van der Waals surface area contributed by atoms with Gasteiger partial charge in [0.15, 0.2) is 0 Å². The maximum absolute atomic E-state index is 6.00. The molecule has 0 heterocycles. The molecule has 0 amide bonds. The summed E-state index contributed by atoms with van der Waals surface area (Å²) in [5, 5.41) is 0. The van der Waals surface area contributed by atoms with Crippen molar-refractivity contribution in [2.75, 3.05) is 0 Å². The molecule has 0 fully saturated rings. The van der Waals surface area contributed by atoms with Crippen molar-refractivity contribution in [3.8, 4) is 5.75 Å². The molecule has 0 aliphatic rings. The molecule has 0 aliphatic heterocycles. The van der Waals surface area contributed by atoms with Gasteiger partial charge >= 0.3 is 0 Å². The fourth-order valence-electron chi connectivity index (χ4n) is 2.46. The molecule has 0 aromatic heterocycles. The third kappa shape index (κ3) is 3.61. The van der Waals surface area contributed by atoms with Gasteiger partial charge in [0.05, 0.1) is 0 Å². The normalized spacial score (nSPS) is 12.2. The topological polar surface area (TPSA) is 35.2 Å². The van der Waals surface area contributed by atoms with Gasteiger partial charge in [0.2, 0.25) is 0 Å². The lowest BCUT2D eigenvalue weighted by Gasteiger charge is -2.15. The van der Waals surface area contributed by atoms with Crippen LogP contribution in [0, 0.1) is 20.8 Å². The van der Waals surface area contributed by atoms with Crippen molar-refractivity contribution in [2.24, 2.45) is 5.73 Å². The minimum Gasteiger partial charge on any atom is -0.489 e. The van der Waals surface area contributed by atoms with E-state index in [0.717, 1.165) is 11.3 Å². The molecular formula is C18H23NO. The molecule has 0 bridgehead atoms. The summed E-state index contributed by atoms with van der Waals surface area (Å²) in [5.74, 6) is 0.888. The Labute approximate surface area is 121 Å². The minimum absolute atomic E-state index is 0.0233. The van der Waals surface area contributed by atoms with Crippen LogP contribution in [0.15, 0.2) is 36.4 Å². The first-order chi connectivity index (χ1) is 9.45. The van der Waals surface area contributed by atoms with Crippen molar-refractivity contribution >= 4 is 0 Å². The summed E-state index contributed by atoms with van der Waals surface area (Å²) < 4.78 is 6.00. The Morgan fingerprint density at radius 3 is 2.20 bits per heavy atom. The maximum Gasteiger partial charge on any atom is 0.124 e. The van der Waals surface area contributed by atoms with Gasteiger partial charge in [-0.3, -0.25) is 0 Å². The number of hydrogen-bond donors (Lipinski definition) is 1. The van der Waals surface area contributed by atoms with E-state index in [0.29, 0.717) is 6.61 Å². The Morgan fingerprint density at radius 1 is 0.950 bits per heavy atom. The Morgan fingerprint density at radius 2 is 1.60 bits per heavy atom. The molecule has 0 saturated heterocycles. The van der Waals surface area contributed by atoms with E-state index in [1.165, 1.54) is 22.3 Å². The van der Waals surface area contributed by atoms with Crippen molar-refractivity contribution in [3.63, 3.8) is 0 Å². The average Bonchev–Trinajstić information content (AvgIpc) is 2.35. The van der Waals surface area contributed by atoms with Crippen LogP contribution in [-0.4, -0.2) is 0 Å². The van der Waals surface area contributed by atoms with Crippen molar-refractivity contribution < 1.29 is 4.74 Å². The molecule has 2 nitrogen and oxygen atoms in total. The smallest absolute Gasteiger partial charge is 0.124 e. The fraction of sp³-hybridized carbons (Fsp3) is 0.333. The quantitative estimate of drug-likeness (QED) is 0.902. The average molecular weight is 269 g/mol. The fourth-order valence-corrected chi connectivity index (χ4v) is 2.46. The number of benzene rings is 2. The van der Waals surface area contributed by atoms with Gasteiger partial charge in [-0.25, -0.2) is 0 Å². The van der Waals surface area contributed by atoms with E-state index in [4.69, 9.17) is 10.5 Å². The first kappa shape index (κ1) is 14.6. The van der Waals surface area contributed by atoms with Crippen LogP contribution in [0.25, 0.3) is 0 Å². The number of rotatable bonds is 4. The van der Waals surface area contributed by atoms with E-state index in [1.807, 2.05) is 6.92 Å². The van der Waals surface area contributed by atoms with Gasteiger partial charge in [-0.15, -0.1) is 0 Å². The second kappa shape index (κ2) is 6.10. The summed E-state index contributed by atoms with van der Waals surface area (Å²) in [6.45, 7) is 8.84. The third-order valence-electron chi connectivity index (χ3n) is 3.34. The monoisotopic (exact) mass is 269 g/mol. The summed E-state index contributed by atoms with van der Waals surface area (Å²) in [7, 11) is 0. The number of ether oxygens (including phenoxy) is 1. The Hall–Kier alpha value is -1.80. The Kier molecular flexibility index (Phi) is 4.46. The molecule has 20 heavy (non-hydrogen) atoms. The summed E-state index contributed by atoms with van der Waals surface area (Å²) >= 11 is 0. The molecule has 0 spiro atoms. The van der Waals surface area contributed by atoms with E-state index in [-0.39, 0.29) is 6.04 Å². The van der Waals surface area contributed by atoms with Crippen LogP contribution in [0.1, 0.15) is 40.8 Å². The summed E-state index contributed by atoms with van der Waals surface area (Å²) in [6, 6.07) is 12.7. The van der Waals surface area contributed by atoms with Gasteiger partial charge in [0, 0.05) is 11.6 Å². The zero-order valence-corrected chi connectivity index (χ0v) is 12.7. The van der Waals surface area contributed by atoms with Crippen LogP contribution in [0.3, 0.4) is 0 Å². The molecule has 1 unspecified atom stereocenters. The highest BCUT2D eigenvalue weighted by Crippen LogP contribution is 2.26. The second-order valence-electron chi connectivity index (χ2n) is 5.61. The first-order valence-corrected chi connectivity index (χ1v) is 7.02. The molecule has 2 aromatic rings. The standard InChI is InChI=1S/C18H23NO/c1-12-5-6-17(15(4)19)18(10-12)20-11-16-8-13(2)7-14(3)9-16/h5-10,15H,11,19H2,1-4H3. The van der Waals surface area contributed by atoms with Crippen molar-refractivity contribution in [1.82, 2.24) is 0 Å². The van der Waals surface area contributed by atoms with E-state index < -0.39 is 0 Å². The zero-order valence-electron chi connectivity index (χ0n) is 12.7. The van der Waals surface area contributed by atoms with Crippen molar-refractivity contribution in [1.29, 1.82) is 0 Å². The molecule has 1 atom stereocenters. The van der Waals surface area contributed by atoms with Gasteiger partial charge in [-0.05, 0) is 44.9 Å². The molecule has 0 saturated carbocycles. The lowest BCUT2D eigenvalue weighted by molar-refractivity contribution is 0.301. The predicted octanol–water partition coefficient (Wildman–Crippen LogP) is 4.21. The van der Waals surface area contributed by atoms with Crippen LogP contribution in [0.5, 0.6) is 5.75 Å². The van der Waals surface area contributed by atoms with Gasteiger partial charge in [0.25, 0.3) is 0 Å². The molecule has 2 rings (SSSR count). The molecule has 2 aromatic carbocycles.